The first kappa shape index (κ1) is 20.1. The van der Waals surface area contributed by atoms with Crippen molar-refractivity contribution in [2.75, 3.05) is 42.7 Å². The Balaban J connectivity index is 1.49. The Labute approximate surface area is 175 Å². The second-order valence-electron chi connectivity index (χ2n) is 7.20. The summed E-state index contributed by atoms with van der Waals surface area (Å²) in [6.07, 6.45) is 3.72. The molecule has 1 N–H and O–H groups in total. The normalized spacial score (nSPS) is 15.5. The Kier molecular flexibility index (Phi) is 6.03. The molecule has 0 saturated carbocycles. The molecule has 29 heavy (non-hydrogen) atoms. The van der Waals surface area contributed by atoms with Crippen LogP contribution >= 0.6 is 11.8 Å². The number of anilines is 2. The standard InChI is InChI=1S/C21H24N4O2S2/c1-29(26,27)18-6-7-20-19(14-18)21(23-15-22-20)24-17-4-2-16(3-5-17)8-9-25-10-12-28-13-11-25/h2-7,14-15H,8-13H2,1H3,(H,22,23,24). The van der Waals surface area contributed by atoms with E-state index in [2.05, 4.69) is 32.3 Å². The smallest absolute Gasteiger partial charge is 0.175 e. The van der Waals surface area contributed by atoms with Gasteiger partial charge in [0.15, 0.2) is 9.84 Å². The van der Waals surface area contributed by atoms with Gasteiger partial charge in [0.2, 0.25) is 0 Å². The quantitative estimate of drug-likeness (QED) is 0.645. The van der Waals surface area contributed by atoms with Crippen molar-refractivity contribution in [2.45, 2.75) is 11.3 Å². The maximum absolute atomic E-state index is 11.9. The van der Waals surface area contributed by atoms with Gasteiger partial charge < -0.3 is 10.2 Å². The van der Waals surface area contributed by atoms with Crippen LogP contribution in [0.25, 0.3) is 10.9 Å². The summed E-state index contributed by atoms with van der Waals surface area (Å²) in [5.41, 5.74) is 2.92. The predicted octanol–water partition coefficient (Wildman–Crippen LogP) is 3.37. The van der Waals surface area contributed by atoms with Crippen LogP contribution in [0.5, 0.6) is 0 Å². The van der Waals surface area contributed by atoms with Gasteiger partial charge in [-0.05, 0) is 42.3 Å². The highest BCUT2D eigenvalue weighted by atomic mass is 32.2. The van der Waals surface area contributed by atoms with Gasteiger partial charge in [0.05, 0.1) is 10.4 Å². The van der Waals surface area contributed by atoms with E-state index in [-0.39, 0.29) is 4.90 Å². The zero-order valence-corrected chi connectivity index (χ0v) is 18.0. The van der Waals surface area contributed by atoms with Gasteiger partial charge in [-0.3, -0.25) is 0 Å². The number of rotatable bonds is 6. The Hall–Kier alpha value is -2.16. The zero-order valence-electron chi connectivity index (χ0n) is 16.3. The van der Waals surface area contributed by atoms with E-state index in [1.165, 1.54) is 42.7 Å². The lowest BCUT2D eigenvalue weighted by atomic mass is 10.1. The topological polar surface area (TPSA) is 75.2 Å². The molecule has 1 saturated heterocycles. The second-order valence-corrected chi connectivity index (χ2v) is 10.4. The molecule has 0 amide bonds. The van der Waals surface area contributed by atoms with Crippen LogP contribution in [0.4, 0.5) is 11.5 Å². The molecular weight excluding hydrogens is 404 g/mol. The van der Waals surface area contributed by atoms with E-state index in [1.54, 1.807) is 18.2 Å². The Bertz CT molecular complexity index is 1100. The third-order valence-electron chi connectivity index (χ3n) is 5.07. The molecule has 0 radical (unpaired) electrons. The zero-order chi connectivity index (χ0) is 20.3. The van der Waals surface area contributed by atoms with Crippen molar-refractivity contribution in [3.63, 3.8) is 0 Å². The monoisotopic (exact) mass is 428 g/mol. The first-order valence-corrected chi connectivity index (χ1v) is 12.6. The molecule has 4 rings (SSSR count). The number of nitrogens with zero attached hydrogens (tertiary/aromatic N) is 3. The molecule has 3 aromatic rings. The van der Waals surface area contributed by atoms with Gasteiger partial charge in [0.25, 0.3) is 0 Å². The molecule has 1 fully saturated rings. The summed E-state index contributed by atoms with van der Waals surface area (Å²) in [5.74, 6) is 3.06. The van der Waals surface area contributed by atoms with Crippen molar-refractivity contribution >= 4 is 44.0 Å². The van der Waals surface area contributed by atoms with Crippen LogP contribution in [0.2, 0.25) is 0 Å². The van der Waals surface area contributed by atoms with Gasteiger partial charge in [-0.2, -0.15) is 11.8 Å². The number of sulfone groups is 1. The average Bonchev–Trinajstić information content (AvgIpc) is 2.73. The van der Waals surface area contributed by atoms with Gasteiger partial charge in [0.1, 0.15) is 12.1 Å². The molecule has 0 unspecified atom stereocenters. The molecule has 152 valence electrons. The van der Waals surface area contributed by atoms with Gasteiger partial charge >= 0.3 is 0 Å². The van der Waals surface area contributed by atoms with Gasteiger partial charge in [-0.15, -0.1) is 0 Å². The predicted molar refractivity (Wildman–Crippen MR) is 120 cm³/mol. The molecule has 2 heterocycles. The number of hydrogen-bond acceptors (Lipinski definition) is 7. The highest BCUT2D eigenvalue weighted by Gasteiger charge is 2.12. The maximum Gasteiger partial charge on any atom is 0.175 e. The fraction of sp³-hybridized carbons (Fsp3) is 0.333. The maximum atomic E-state index is 11.9. The third kappa shape index (κ3) is 5.07. The number of hydrogen-bond donors (Lipinski definition) is 1. The van der Waals surface area contributed by atoms with E-state index >= 15 is 0 Å². The molecule has 1 aliphatic heterocycles. The summed E-state index contributed by atoms with van der Waals surface area (Å²) in [6.45, 7) is 3.46. The van der Waals surface area contributed by atoms with Crippen molar-refractivity contribution in [2.24, 2.45) is 0 Å². The summed E-state index contributed by atoms with van der Waals surface area (Å²) in [5, 5.41) is 3.98. The lowest BCUT2D eigenvalue weighted by Crippen LogP contribution is -2.34. The summed E-state index contributed by atoms with van der Waals surface area (Å²) >= 11 is 2.03. The van der Waals surface area contributed by atoms with Crippen molar-refractivity contribution < 1.29 is 8.42 Å². The Morgan fingerprint density at radius 1 is 1.07 bits per heavy atom. The highest BCUT2D eigenvalue weighted by Crippen LogP contribution is 2.26. The fourth-order valence-electron chi connectivity index (χ4n) is 3.37. The summed E-state index contributed by atoms with van der Waals surface area (Å²) in [7, 11) is -3.29. The van der Waals surface area contributed by atoms with Crippen LogP contribution in [-0.2, 0) is 16.3 Å². The van der Waals surface area contributed by atoms with Crippen molar-refractivity contribution in [3.05, 3.63) is 54.4 Å². The first-order valence-electron chi connectivity index (χ1n) is 9.60. The lowest BCUT2D eigenvalue weighted by Gasteiger charge is -2.26. The summed E-state index contributed by atoms with van der Waals surface area (Å²) < 4.78 is 23.8. The number of fused-ring (bicyclic) bond motifs is 1. The largest absolute Gasteiger partial charge is 0.340 e. The molecule has 0 aliphatic carbocycles. The van der Waals surface area contributed by atoms with Crippen molar-refractivity contribution in [1.29, 1.82) is 0 Å². The summed E-state index contributed by atoms with van der Waals surface area (Å²) in [4.78, 5) is 11.3. The Morgan fingerprint density at radius 3 is 2.55 bits per heavy atom. The molecule has 8 heteroatoms. The number of aromatic nitrogens is 2. The van der Waals surface area contributed by atoms with Crippen LogP contribution in [0.3, 0.4) is 0 Å². The molecule has 1 aromatic heterocycles. The Morgan fingerprint density at radius 2 is 1.83 bits per heavy atom. The first-order chi connectivity index (χ1) is 14.0. The molecule has 0 spiro atoms. The SMILES string of the molecule is CS(=O)(=O)c1ccc2ncnc(Nc3ccc(CCN4CCSCC4)cc3)c2c1. The van der Waals surface area contributed by atoms with Crippen molar-refractivity contribution in [1.82, 2.24) is 14.9 Å². The van der Waals surface area contributed by atoms with E-state index in [0.29, 0.717) is 16.7 Å². The van der Waals surface area contributed by atoms with E-state index in [9.17, 15) is 8.42 Å². The lowest BCUT2D eigenvalue weighted by molar-refractivity contribution is 0.306. The van der Waals surface area contributed by atoms with Crippen molar-refractivity contribution in [3.8, 4) is 0 Å². The molecule has 6 nitrogen and oxygen atoms in total. The molecular formula is C21H24N4O2S2. The number of nitrogens with one attached hydrogen (secondary N) is 1. The molecule has 2 aromatic carbocycles. The van der Waals surface area contributed by atoms with Crippen LogP contribution in [0, 0.1) is 0 Å². The van der Waals surface area contributed by atoms with E-state index < -0.39 is 9.84 Å². The molecule has 0 atom stereocenters. The molecule has 1 aliphatic rings. The van der Waals surface area contributed by atoms with Gasteiger partial charge in [-0.25, -0.2) is 18.4 Å². The second kappa shape index (κ2) is 8.69. The number of benzene rings is 2. The third-order valence-corrected chi connectivity index (χ3v) is 7.12. The van der Waals surface area contributed by atoms with Gasteiger partial charge in [0, 0.05) is 48.5 Å². The van der Waals surface area contributed by atoms with Crippen LogP contribution in [0.1, 0.15) is 5.56 Å². The van der Waals surface area contributed by atoms with Gasteiger partial charge in [-0.1, -0.05) is 12.1 Å². The van der Waals surface area contributed by atoms with Crippen LogP contribution < -0.4 is 5.32 Å². The van der Waals surface area contributed by atoms with E-state index in [4.69, 9.17) is 0 Å². The number of thioether (sulfide) groups is 1. The molecule has 0 bridgehead atoms. The van der Waals surface area contributed by atoms with E-state index in [0.717, 1.165) is 18.7 Å². The fourth-order valence-corrected chi connectivity index (χ4v) is 5.00. The average molecular weight is 429 g/mol. The van der Waals surface area contributed by atoms with Crippen LogP contribution in [-0.4, -0.2) is 60.7 Å². The summed E-state index contributed by atoms with van der Waals surface area (Å²) in [6, 6.07) is 13.2. The minimum Gasteiger partial charge on any atom is -0.340 e. The minimum absolute atomic E-state index is 0.259. The van der Waals surface area contributed by atoms with E-state index in [1.807, 2.05) is 23.9 Å². The highest BCUT2D eigenvalue weighted by molar-refractivity contribution is 7.99. The minimum atomic E-state index is -3.29. The van der Waals surface area contributed by atoms with Crippen LogP contribution in [0.15, 0.2) is 53.7 Å².